The van der Waals surface area contributed by atoms with E-state index in [-0.39, 0.29) is 24.2 Å². The second-order valence-electron chi connectivity index (χ2n) is 9.58. The first-order valence-electron chi connectivity index (χ1n) is 13.9. The van der Waals surface area contributed by atoms with Gasteiger partial charge in [0, 0.05) is 44.5 Å². The largest absolute Gasteiger partial charge is 0.480 e. The molecular weight excluding hydrogens is 544 g/mol. The molecule has 11 nitrogen and oxygen atoms in total. The van der Waals surface area contributed by atoms with Crippen molar-refractivity contribution in [2.75, 3.05) is 47.8 Å². The molecule has 1 atom stereocenters. The summed E-state index contributed by atoms with van der Waals surface area (Å²) >= 11 is 1.42. The number of ether oxygens (including phenoxy) is 1. The van der Waals surface area contributed by atoms with Gasteiger partial charge in [-0.1, -0.05) is 12.1 Å². The highest BCUT2D eigenvalue weighted by atomic mass is 32.1. The normalized spacial score (nSPS) is 13.5. The third kappa shape index (κ3) is 7.31. The van der Waals surface area contributed by atoms with Crippen molar-refractivity contribution in [1.29, 1.82) is 0 Å². The van der Waals surface area contributed by atoms with Gasteiger partial charge in [0.25, 0.3) is 5.91 Å². The number of aliphatic carboxylic acids is 1. The number of nitrogens with one attached hydrogen (secondary N) is 1. The van der Waals surface area contributed by atoms with Gasteiger partial charge in [0.1, 0.15) is 17.5 Å². The first-order chi connectivity index (χ1) is 19.8. The van der Waals surface area contributed by atoms with Crippen LogP contribution in [0.4, 0.5) is 22.2 Å². The second-order valence-corrected chi connectivity index (χ2v) is 10.4. The van der Waals surface area contributed by atoms with Crippen LogP contribution in [0.1, 0.15) is 49.5 Å². The van der Waals surface area contributed by atoms with E-state index in [4.69, 9.17) is 4.74 Å². The monoisotopic (exact) mass is 580 g/mol. The fourth-order valence-electron chi connectivity index (χ4n) is 4.65. The summed E-state index contributed by atoms with van der Waals surface area (Å²) in [6, 6.07) is 7.50. The lowest BCUT2D eigenvalue weighted by atomic mass is 10.1. The molecule has 1 fully saturated rings. The summed E-state index contributed by atoms with van der Waals surface area (Å²) in [7, 11) is 0. The maximum absolute atomic E-state index is 13.3. The number of carboxylic acids is 1. The number of likely N-dealkylation sites (tertiary alicyclic amines) is 1. The zero-order chi connectivity index (χ0) is 29.4. The van der Waals surface area contributed by atoms with Crippen molar-refractivity contribution in [3.05, 3.63) is 58.4 Å². The number of rotatable bonds is 12. The number of hydrogen-bond donors (Lipinski definition) is 2. The Labute approximate surface area is 243 Å². The number of anilines is 3. The molecule has 0 saturated carbocycles. The van der Waals surface area contributed by atoms with Crippen LogP contribution in [0, 0.1) is 0 Å². The smallest absolute Gasteiger partial charge is 0.415 e. The Bertz CT molecular complexity index is 1320. The van der Waals surface area contributed by atoms with Crippen molar-refractivity contribution in [2.45, 2.75) is 46.1 Å². The number of carbonyl (C=O) groups is 3. The van der Waals surface area contributed by atoms with Gasteiger partial charge < -0.3 is 29.9 Å². The summed E-state index contributed by atoms with van der Waals surface area (Å²) in [5.74, 6) is -0.194. The number of carbonyl (C=O) groups excluding carboxylic acids is 2. The first kappa shape index (κ1) is 29.8. The van der Waals surface area contributed by atoms with Crippen LogP contribution in [-0.4, -0.2) is 76.7 Å². The van der Waals surface area contributed by atoms with Crippen LogP contribution in [0.25, 0.3) is 0 Å². The van der Waals surface area contributed by atoms with Gasteiger partial charge in [-0.2, -0.15) is 16.3 Å². The quantitative estimate of drug-likeness (QED) is 0.312. The highest BCUT2D eigenvalue weighted by Gasteiger charge is 2.26. The number of thiophene rings is 1. The molecular formula is C29H36N6O5S. The van der Waals surface area contributed by atoms with E-state index in [1.807, 2.05) is 31.1 Å². The molecule has 218 valence electrons. The molecule has 2 amide bonds. The van der Waals surface area contributed by atoms with Gasteiger partial charge >= 0.3 is 12.1 Å². The molecule has 0 radical (unpaired) electrons. The Hall–Kier alpha value is -4.19. The fourth-order valence-corrected chi connectivity index (χ4v) is 5.28. The van der Waals surface area contributed by atoms with Gasteiger partial charge in [0.05, 0.1) is 11.8 Å². The summed E-state index contributed by atoms with van der Waals surface area (Å²) in [5, 5.41) is 16.8. The van der Waals surface area contributed by atoms with Crippen molar-refractivity contribution in [3.63, 3.8) is 0 Å². The van der Waals surface area contributed by atoms with Crippen LogP contribution in [0.15, 0.2) is 47.3 Å². The highest BCUT2D eigenvalue weighted by Crippen LogP contribution is 2.29. The molecule has 41 heavy (non-hydrogen) atoms. The Balaban J connectivity index is 1.58. The molecule has 0 unspecified atom stereocenters. The van der Waals surface area contributed by atoms with Gasteiger partial charge in [0.15, 0.2) is 5.82 Å². The zero-order valence-electron chi connectivity index (χ0n) is 23.6. The molecule has 2 N–H and O–H groups in total. The molecule has 0 spiro atoms. The van der Waals surface area contributed by atoms with Crippen LogP contribution in [-0.2, 0) is 11.2 Å². The maximum Gasteiger partial charge on any atom is 0.415 e. The summed E-state index contributed by atoms with van der Waals surface area (Å²) in [5.41, 5.74) is 1.66. The molecule has 1 aliphatic rings. The van der Waals surface area contributed by atoms with Crippen molar-refractivity contribution < 1.29 is 24.2 Å². The van der Waals surface area contributed by atoms with E-state index < -0.39 is 12.0 Å². The highest BCUT2D eigenvalue weighted by molar-refractivity contribution is 7.08. The molecule has 12 heteroatoms. The van der Waals surface area contributed by atoms with Crippen molar-refractivity contribution in [1.82, 2.24) is 14.9 Å². The zero-order valence-corrected chi connectivity index (χ0v) is 24.4. The molecule has 1 aliphatic heterocycles. The molecule has 0 bridgehead atoms. The average Bonchev–Trinajstić information content (AvgIpc) is 3.71. The number of hydrogen-bond acceptors (Lipinski definition) is 9. The van der Waals surface area contributed by atoms with Crippen molar-refractivity contribution in [3.8, 4) is 5.75 Å². The lowest BCUT2D eigenvalue weighted by Crippen LogP contribution is -2.36. The van der Waals surface area contributed by atoms with Gasteiger partial charge in [-0.05, 0) is 62.8 Å². The predicted octanol–water partition coefficient (Wildman–Crippen LogP) is 4.75. The number of amides is 2. The average molecular weight is 581 g/mol. The van der Waals surface area contributed by atoms with Gasteiger partial charge in [-0.3, -0.25) is 4.79 Å². The molecule has 2 aromatic heterocycles. The number of carboxylic acid groups (broad SMARTS) is 1. The number of aromatic nitrogens is 2. The lowest BCUT2D eigenvalue weighted by Gasteiger charge is -2.26. The third-order valence-electron chi connectivity index (χ3n) is 6.96. The minimum absolute atomic E-state index is 0.129. The van der Waals surface area contributed by atoms with Gasteiger partial charge in [-0.15, -0.1) is 0 Å². The summed E-state index contributed by atoms with van der Waals surface area (Å²) in [6.07, 6.45) is 3.27. The molecule has 3 heterocycles. The van der Waals surface area contributed by atoms with Crippen molar-refractivity contribution in [2.24, 2.45) is 0 Å². The van der Waals surface area contributed by atoms with Crippen LogP contribution in [0.5, 0.6) is 5.75 Å². The maximum atomic E-state index is 13.3. The lowest BCUT2D eigenvalue weighted by molar-refractivity contribution is -0.137. The number of benzene rings is 1. The van der Waals surface area contributed by atoms with Crippen LogP contribution in [0.2, 0.25) is 0 Å². The van der Waals surface area contributed by atoms with Gasteiger partial charge in [0.2, 0.25) is 5.95 Å². The Kier molecular flexibility index (Phi) is 10.1. The fraction of sp³-hybridized carbons (Fsp3) is 0.414. The number of nitrogens with zero attached hydrogens (tertiary/aromatic N) is 5. The topological polar surface area (TPSA) is 128 Å². The summed E-state index contributed by atoms with van der Waals surface area (Å²) in [4.78, 5) is 52.4. The molecule has 4 rings (SSSR count). The predicted molar refractivity (Wildman–Crippen MR) is 159 cm³/mol. The molecule has 3 aromatic rings. The summed E-state index contributed by atoms with van der Waals surface area (Å²) in [6.45, 7) is 8.87. The van der Waals surface area contributed by atoms with E-state index in [0.29, 0.717) is 55.7 Å². The Morgan fingerprint density at radius 2 is 1.78 bits per heavy atom. The second kappa shape index (κ2) is 13.9. The van der Waals surface area contributed by atoms with Gasteiger partial charge in [-0.25, -0.2) is 14.6 Å². The van der Waals surface area contributed by atoms with Crippen molar-refractivity contribution >= 4 is 46.8 Å². The Morgan fingerprint density at radius 3 is 2.37 bits per heavy atom. The molecule has 1 aromatic carbocycles. The summed E-state index contributed by atoms with van der Waals surface area (Å²) < 4.78 is 5.46. The van der Waals surface area contributed by atoms with Crippen LogP contribution < -0.4 is 19.9 Å². The van der Waals surface area contributed by atoms with E-state index in [9.17, 15) is 19.5 Å². The van der Waals surface area contributed by atoms with E-state index >= 15 is 0 Å². The molecule has 1 saturated heterocycles. The van der Waals surface area contributed by atoms with E-state index in [0.717, 1.165) is 18.4 Å². The van der Waals surface area contributed by atoms with E-state index in [1.165, 1.54) is 11.3 Å². The minimum Gasteiger partial charge on any atom is -0.480 e. The third-order valence-corrected chi connectivity index (χ3v) is 7.65. The first-order valence-corrected chi connectivity index (χ1v) is 14.8. The van der Waals surface area contributed by atoms with E-state index in [1.54, 1.807) is 51.7 Å². The Morgan fingerprint density at radius 1 is 1.07 bits per heavy atom. The van der Waals surface area contributed by atoms with E-state index in [2.05, 4.69) is 15.3 Å². The minimum atomic E-state index is -1.07. The molecule has 0 aliphatic carbocycles. The van der Waals surface area contributed by atoms with Crippen LogP contribution in [0.3, 0.4) is 0 Å². The SMILES string of the molecule is CCN(CC)c1ncc(N(CC)C(=O)c2ccsc2)c(N[C@@H](Cc2ccc(OC(=O)N3CCCC3)cc2)C(=O)O)n1. The van der Waals surface area contributed by atoms with Crippen LogP contribution >= 0.6 is 11.3 Å². The standard InChI is InChI=1S/C29H36N6O5S/c1-4-33(5-2)28-30-18-24(35(6-3)26(36)21-13-16-41-19-21)25(32-28)31-23(27(37)38)17-20-9-11-22(12-10-20)40-29(39)34-14-7-8-15-34/h9-13,16,18-19,23H,4-8,14-15,17H2,1-3H3,(H,37,38)(H,30,31,32)/t23-/m0/s1.